The van der Waals surface area contributed by atoms with Crippen LogP contribution in [0, 0.1) is 5.41 Å². The second-order valence-corrected chi connectivity index (χ2v) is 5.80. The summed E-state index contributed by atoms with van der Waals surface area (Å²) < 4.78 is 10.7. The lowest BCUT2D eigenvalue weighted by Crippen LogP contribution is -2.41. The molecule has 1 rings (SSSR count). The van der Waals surface area contributed by atoms with Crippen LogP contribution in [-0.2, 0) is 19.1 Å². The highest BCUT2D eigenvalue weighted by Crippen LogP contribution is 2.28. The van der Waals surface area contributed by atoms with Gasteiger partial charge in [-0.1, -0.05) is 28.1 Å². The molecule has 6 heteroatoms. The summed E-state index contributed by atoms with van der Waals surface area (Å²) in [5.41, 5.74) is -1.22. The molecule has 0 fully saturated rings. The predicted octanol–water partition coefficient (Wildman–Crippen LogP) is 3.15. The van der Waals surface area contributed by atoms with Gasteiger partial charge in [-0.05, 0) is 32.9 Å². The summed E-state index contributed by atoms with van der Waals surface area (Å²) in [4.78, 5) is 36.6. The molecule has 0 atom stereocenters. The van der Waals surface area contributed by atoms with Crippen molar-refractivity contribution in [3.63, 3.8) is 0 Å². The lowest BCUT2D eigenvalue weighted by atomic mass is 9.83. The van der Waals surface area contributed by atoms with Gasteiger partial charge in [-0.25, -0.2) is 0 Å². The summed E-state index contributed by atoms with van der Waals surface area (Å²) in [5.74, 6) is -1.83. The van der Waals surface area contributed by atoms with Crippen molar-refractivity contribution in [2.75, 3.05) is 13.2 Å². The second kappa shape index (κ2) is 8.08. The summed E-state index contributed by atoms with van der Waals surface area (Å²) in [6.07, 6.45) is -0.299. The third kappa shape index (κ3) is 4.40. The Hall–Kier alpha value is -1.69. The first kappa shape index (κ1) is 18.4. The first-order chi connectivity index (χ1) is 10.3. The molecule has 0 aliphatic heterocycles. The average molecular weight is 371 g/mol. The lowest BCUT2D eigenvalue weighted by Gasteiger charge is -2.24. The third-order valence-corrected chi connectivity index (χ3v) is 3.66. The van der Waals surface area contributed by atoms with E-state index in [1.807, 2.05) is 0 Å². The molecule has 0 aliphatic carbocycles. The Bertz CT molecular complexity index is 532. The molecular weight excluding hydrogens is 352 g/mol. The van der Waals surface area contributed by atoms with Crippen LogP contribution in [0.4, 0.5) is 0 Å². The molecule has 1 aromatic rings. The summed E-state index contributed by atoms with van der Waals surface area (Å²) in [6.45, 7) is 4.90. The Morgan fingerprint density at radius 1 is 1.00 bits per heavy atom. The topological polar surface area (TPSA) is 69.7 Å². The van der Waals surface area contributed by atoms with Crippen LogP contribution in [0.3, 0.4) is 0 Å². The fourth-order valence-corrected chi connectivity index (χ4v) is 2.13. The van der Waals surface area contributed by atoms with Crippen LogP contribution in [0.25, 0.3) is 0 Å². The molecule has 120 valence electrons. The monoisotopic (exact) mass is 370 g/mol. The first-order valence-electron chi connectivity index (χ1n) is 6.98. The molecule has 0 amide bonds. The number of benzene rings is 1. The highest BCUT2D eigenvalue weighted by atomic mass is 79.9. The molecule has 0 unspecified atom stereocenters. The number of ketones is 1. The number of hydrogen-bond donors (Lipinski definition) is 0. The Morgan fingerprint density at radius 2 is 1.45 bits per heavy atom. The molecule has 0 aromatic heterocycles. The maximum Gasteiger partial charge on any atom is 0.323 e. The van der Waals surface area contributed by atoms with Gasteiger partial charge in [-0.15, -0.1) is 0 Å². The summed E-state index contributed by atoms with van der Waals surface area (Å²) in [5, 5.41) is 0. The van der Waals surface area contributed by atoms with E-state index in [0.29, 0.717) is 5.56 Å². The van der Waals surface area contributed by atoms with E-state index in [2.05, 4.69) is 15.9 Å². The van der Waals surface area contributed by atoms with Crippen molar-refractivity contribution in [1.82, 2.24) is 0 Å². The maximum absolute atomic E-state index is 12.4. The van der Waals surface area contributed by atoms with Gasteiger partial charge >= 0.3 is 11.9 Å². The third-order valence-electron chi connectivity index (χ3n) is 3.13. The molecule has 0 aliphatic rings. The minimum absolute atomic E-state index is 0.125. The van der Waals surface area contributed by atoms with E-state index in [9.17, 15) is 14.4 Å². The average Bonchev–Trinajstić information content (AvgIpc) is 2.48. The van der Waals surface area contributed by atoms with Gasteiger partial charge in [0.1, 0.15) is 0 Å². The van der Waals surface area contributed by atoms with E-state index in [1.54, 1.807) is 38.1 Å². The van der Waals surface area contributed by atoms with E-state index >= 15 is 0 Å². The van der Waals surface area contributed by atoms with Crippen molar-refractivity contribution in [2.24, 2.45) is 5.41 Å². The van der Waals surface area contributed by atoms with Crippen LogP contribution in [0.5, 0.6) is 0 Å². The number of rotatable bonds is 7. The highest BCUT2D eigenvalue weighted by Gasteiger charge is 2.46. The second-order valence-electron chi connectivity index (χ2n) is 4.88. The van der Waals surface area contributed by atoms with Crippen molar-refractivity contribution in [1.29, 1.82) is 0 Å². The molecule has 5 nitrogen and oxygen atoms in total. The van der Waals surface area contributed by atoms with Crippen LogP contribution in [0.2, 0.25) is 0 Å². The molecule has 0 N–H and O–H groups in total. The van der Waals surface area contributed by atoms with E-state index < -0.39 is 17.4 Å². The quantitative estimate of drug-likeness (QED) is 0.418. The standard InChI is InChI=1S/C16H19BrO5/c1-4-21-14(19)16(3,15(20)22-5-2)10-13(18)11-6-8-12(17)9-7-11/h6-9H,4-5,10H2,1-3H3. The van der Waals surface area contributed by atoms with Gasteiger partial charge in [0.25, 0.3) is 0 Å². The summed E-state index contributed by atoms with van der Waals surface area (Å²) in [7, 11) is 0. The van der Waals surface area contributed by atoms with Crippen molar-refractivity contribution in [3.8, 4) is 0 Å². The van der Waals surface area contributed by atoms with Crippen LogP contribution >= 0.6 is 15.9 Å². The minimum atomic E-state index is -1.64. The summed E-state index contributed by atoms with van der Waals surface area (Å²) >= 11 is 3.28. The predicted molar refractivity (Wildman–Crippen MR) is 84.5 cm³/mol. The van der Waals surface area contributed by atoms with E-state index in [1.165, 1.54) is 6.92 Å². The van der Waals surface area contributed by atoms with Gasteiger partial charge in [-0.2, -0.15) is 0 Å². The summed E-state index contributed by atoms with van der Waals surface area (Å²) in [6, 6.07) is 6.70. The molecule has 0 bridgehead atoms. The number of carbonyl (C=O) groups excluding carboxylic acids is 3. The minimum Gasteiger partial charge on any atom is -0.465 e. The SMILES string of the molecule is CCOC(=O)C(C)(CC(=O)c1ccc(Br)cc1)C(=O)OCC. The Morgan fingerprint density at radius 3 is 1.86 bits per heavy atom. The van der Waals surface area contributed by atoms with Crippen LogP contribution in [-0.4, -0.2) is 30.9 Å². The fraction of sp³-hybridized carbons (Fsp3) is 0.438. The van der Waals surface area contributed by atoms with Crippen molar-refractivity contribution in [3.05, 3.63) is 34.3 Å². The molecule has 0 heterocycles. The van der Waals surface area contributed by atoms with Crippen LogP contribution < -0.4 is 0 Å². The van der Waals surface area contributed by atoms with Gasteiger partial charge < -0.3 is 9.47 Å². The lowest BCUT2D eigenvalue weighted by molar-refractivity contribution is -0.170. The van der Waals surface area contributed by atoms with Crippen molar-refractivity contribution in [2.45, 2.75) is 27.2 Å². The number of carbonyl (C=O) groups is 3. The van der Waals surface area contributed by atoms with E-state index in [4.69, 9.17) is 9.47 Å². The molecule has 0 saturated heterocycles. The van der Waals surface area contributed by atoms with E-state index in [-0.39, 0.29) is 25.4 Å². The zero-order valence-corrected chi connectivity index (χ0v) is 14.4. The smallest absolute Gasteiger partial charge is 0.323 e. The number of Topliss-reactive ketones (excluding diaryl/α,β-unsaturated/α-hetero) is 1. The van der Waals surface area contributed by atoms with Gasteiger partial charge in [0, 0.05) is 16.5 Å². The van der Waals surface area contributed by atoms with Gasteiger partial charge in [0.05, 0.1) is 13.2 Å². The Labute approximate surface area is 138 Å². The van der Waals surface area contributed by atoms with Gasteiger partial charge in [-0.3, -0.25) is 14.4 Å². The van der Waals surface area contributed by atoms with Crippen LogP contribution in [0.1, 0.15) is 37.6 Å². The zero-order chi connectivity index (χ0) is 16.8. The molecule has 22 heavy (non-hydrogen) atoms. The van der Waals surface area contributed by atoms with Gasteiger partial charge in [0.2, 0.25) is 0 Å². The first-order valence-corrected chi connectivity index (χ1v) is 7.77. The zero-order valence-electron chi connectivity index (χ0n) is 12.8. The normalized spacial score (nSPS) is 10.9. The largest absolute Gasteiger partial charge is 0.465 e. The molecule has 1 aromatic carbocycles. The highest BCUT2D eigenvalue weighted by molar-refractivity contribution is 9.10. The van der Waals surface area contributed by atoms with E-state index in [0.717, 1.165) is 4.47 Å². The number of hydrogen-bond acceptors (Lipinski definition) is 5. The molecule has 0 saturated carbocycles. The molecular formula is C16H19BrO5. The number of halogens is 1. The Kier molecular flexibility index (Phi) is 6.74. The number of ether oxygens (including phenoxy) is 2. The van der Waals surface area contributed by atoms with Gasteiger partial charge in [0.15, 0.2) is 11.2 Å². The van der Waals surface area contributed by atoms with Crippen molar-refractivity contribution >= 4 is 33.7 Å². The molecule has 0 spiro atoms. The number of esters is 2. The maximum atomic E-state index is 12.4. The fourth-order valence-electron chi connectivity index (χ4n) is 1.87. The van der Waals surface area contributed by atoms with Crippen molar-refractivity contribution < 1.29 is 23.9 Å². The van der Waals surface area contributed by atoms with Crippen LogP contribution in [0.15, 0.2) is 28.7 Å². The molecule has 0 radical (unpaired) electrons. The Balaban J connectivity index is 3.01.